The molecule has 0 aliphatic carbocycles. The SMILES string of the molecule is CC(=O)OCCN1CCC[C@@H](NC(=O)c2cc3cccc(C#N)c3s2)C1. The van der Waals surface area contributed by atoms with E-state index in [-0.39, 0.29) is 17.9 Å². The van der Waals surface area contributed by atoms with E-state index in [2.05, 4.69) is 16.3 Å². The molecule has 1 amide bonds. The third-order valence-electron chi connectivity index (χ3n) is 4.44. The molecule has 2 heterocycles. The molecule has 0 radical (unpaired) electrons. The summed E-state index contributed by atoms with van der Waals surface area (Å²) in [5, 5.41) is 13.2. The Morgan fingerprint density at radius 1 is 1.46 bits per heavy atom. The normalized spacial score (nSPS) is 17.6. The van der Waals surface area contributed by atoms with E-state index in [1.54, 1.807) is 6.07 Å². The Morgan fingerprint density at radius 3 is 3.08 bits per heavy atom. The molecule has 1 atom stereocenters. The van der Waals surface area contributed by atoms with E-state index >= 15 is 0 Å². The summed E-state index contributed by atoms with van der Waals surface area (Å²) in [5.41, 5.74) is 0.598. The number of ether oxygens (including phenoxy) is 1. The van der Waals surface area contributed by atoms with Crippen LogP contribution < -0.4 is 5.32 Å². The molecule has 0 unspecified atom stereocenters. The van der Waals surface area contributed by atoms with E-state index in [9.17, 15) is 14.9 Å². The number of carbonyl (C=O) groups is 2. The van der Waals surface area contributed by atoms with Crippen LogP contribution in [0.15, 0.2) is 24.3 Å². The van der Waals surface area contributed by atoms with Crippen LogP contribution in [0.2, 0.25) is 0 Å². The van der Waals surface area contributed by atoms with Crippen molar-refractivity contribution in [1.82, 2.24) is 10.2 Å². The Bertz CT molecular complexity index is 855. The van der Waals surface area contributed by atoms with Gasteiger partial charge >= 0.3 is 5.97 Å². The molecule has 6 nitrogen and oxygen atoms in total. The number of nitriles is 1. The van der Waals surface area contributed by atoms with Gasteiger partial charge in [-0.25, -0.2) is 0 Å². The van der Waals surface area contributed by atoms with Crippen molar-refractivity contribution in [3.63, 3.8) is 0 Å². The van der Waals surface area contributed by atoms with Crippen LogP contribution in [0.25, 0.3) is 10.1 Å². The quantitative estimate of drug-likeness (QED) is 0.817. The average Bonchev–Trinajstić information content (AvgIpc) is 3.06. The number of rotatable bonds is 5. The molecule has 1 aromatic carbocycles. The maximum Gasteiger partial charge on any atom is 0.302 e. The van der Waals surface area contributed by atoms with Gasteiger partial charge in [-0.15, -0.1) is 11.3 Å². The number of benzene rings is 1. The van der Waals surface area contributed by atoms with Crippen LogP contribution in [-0.4, -0.2) is 49.1 Å². The first-order chi connectivity index (χ1) is 12.6. The second-order valence-corrected chi connectivity index (χ2v) is 7.45. The van der Waals surface area contributed by atoms with E-state index in [4.69, 9.17) is 4.74 Å². The first kappa shape index (κ1) is 18.4. The Morgan fingerprint density at radius 2 is 2.31 bits per heavy atom. The molecule has 1 N–H and O–H groups in total. The number of amides is 1. The Balaban J connectivity index is 1.61. The number of piperidine rings is 1. The van der Waals surface area contributed by atoms with Crippen molar-refractivity contribution >= 4 is 33.3 Å². The topological polar surface area (TPSA) is 82.4 Å². The number of hydrogen-bond acceptors (Lipinski definition) is 6. The summed E-state index contributed by atoms with van der Waals surface area (Å²) in [4.78, 5) is 26.3. The lowest BCUT2D eigenvalue weighted by atomic mass is 10.1. The van der Waals surface area contributed by atoms with Crippen molar-refractivity contribution in [2.45, 2.75) is 25.8 Å². The zero-order valence-electron chi connectivity index (χ0n) is 14.7. The summed E-state index contributed by atoms with van der Waals surface area (Å²) in [6.45, 7) is 4.16. The summed E-state index contributed by atoms with van der Waals surface area (Å²) in [7, 11) is 0. The molecule has 1 fully saturated rings. The highest BCUT2D eigenvalue weighted by Gasteiger charge is 2.22. The van der Waals surface area contributed by atoms with Crippen LogP contribution in [0.5, 0.6) is 0 Å². The third-order valence-corrected chi connectivity index (χ3v) is 5.62. The highest BCUT2D eigenvalue weighted by atomic mass is 32.1. The van der Waals surface area contributed by atoms with Crippen LogP contribution in [0.3, 0.4) is 0 Å². The molecule has 7 heteroatoms. The molecule has 0 spiro atoms. The maximum atomic E-state index is 12.6. The molecule has 1 aromatic heterocycles. The fraction of sp³-hybridized carbons (Fsp3) is 0.421. The Labute approximate surface area is 156 Å². The van der Waals surface area contributed by atoms with Gasteiger partial charge in [0.25, 0.3) is 5.91 Å². The van der Waals surface area contributed by atoms with Crippen molar-refractivity contribution in [2.75, 3.05) is 26.2 Å². The monoisotopic (exact) mass is 371 g/mol. The smallest absolute Gasteiger partial charge is 0.302 e. The van der Waals surface area contributed by atoms with E-state index < -0.39 is 0 Å². The zero-order valence-corrected chi connectivity index (χ0v) is 15.5. The fourth-order valence-electron chi connectivity index (χ4n) is 3.21. The van der Waals surface area contributed by atoms with Crippen molar-refractivity contribution in [3.8, 4) is 6.07 Å². The Hall–Kier alpha value is -2.43. The molecule has 2 aromatic rings. The lowest BCUT2D eigenvalue weighted by molar-refractivity contribution is -0.141. The summed E-state index contributed by atoms with van der Waals surface area (Å²) >= 11 is 1.36. The Kier molecular flexibility index (Phi) is 5.86. The fourth-order valence-corrected chi connectivity index (χ4v) is 4.24. The van der Waals surface area contributed by atoms with Crippen LogP contribution >= 0.6 is 11.3 Å². The molecular formula is C19H21N3O3S. The van der Waals surface area contributed by atoms with Gasteiger partial charge in [-0.3, -0.25) is 14.5 Å². The molecule has 1 saturated heterocycles. The predicted octanol–water partition coefficient (Wildman–Crippen LogP) is 2.53. The zero-order chi connectivity index (χ0) is 18.5. The van der Waals surface area contributed by atoms with Gasteiger partial charge in [0.05, 0.1) is 15.1 Å². The van der Waals surface area contributed by atoms with Crippen LogP contribution in [0.4, 0.5) is 0 Å². The third kappa shape index (κ3) is 4.40. The van der Waals surface area contributed by atoms with Crippen LogP contribution in [-0.2, 0) is 9.53 Å². The second kappa shape index (κ2) is 8.30. The van der Waals surface area contributed by atoms with Crippen molar-refractivity contribution in [3.05, 3.63) is 34.7 Å². The standard InChI is InChI=1S/C19H21N3O3S/c1-13(23)25-9-8-22-7-3-6-16(12-22)21-19(24)17-10-14-4-2-5-15(11-20)18(14)26-17/h2,4-5,10,16H,3,6-9,12H2,1H3,(H,21,24)/t16-/m1/s1. The van der Waals surface area contributed by atoms with E-state index in [0.717, 1.165) is 36.0 Å². The maximum absolute atomic E-state index is 12.6. The number of nitrogens with one attached hydrogen (secondary N) is 1. The minimum absolute atomic E-state index is 0.0780. The van der Waals surface area contributed by atoms with Gasteiger partial charge in [0.15, 0.2) is 0 Å². The summed E-state index contributed by atoms with van der Waals surface area (Å²) in [5.74, 6) is -0.365. The van der Waals surface area contributed by atoms with E-state index in [0.29, 0.717) is 23.6 Å². The number of likely N-dealkylation sites (tertiary alicyclic amines) is 1. The lowest BCUT2D eigenvalue weighted by Gasteiger charge is -2.32. The minimum Gasteiger partial charge on any atom is -0.465 e. The number of nitrogens with zero attached hydrogens (tertiary/aromatic N) is 2. The summed E-state index contributed by atoms with van der Waals surface area (Å²) < 4.78 is 5.85. The highest BCUT2D eigenvalue weighted by molar-refractivity contribution is 7.21. The molecular weight excluding hydrogens is 350 g/mol. The van der Waals surface area contributed by atoms with Gasteiger partial charge in [-0.2, -0.15) is 5.26 Å². The first-order valence-electron chi connectivity index (χ1n) is 8.66. The first-order valence-corrected chi connectivity index (χ1v) is 9.47. The van der Waals surface area contributed by atoms with Crippen molar-refractivity contribution in [1.29, 1.82) is 5.26 Å². The van der Waals surface area contributed by atoms with Gasteiger partial charge in [-0.1, -0.05) is 12.1 Å². The number of esters is 1. The largest absolute Gasteiger partial charge is 0.465 e. The van der Waals surface area contributed by atoms with Gasteiger partial charge in [0, 0.05) is 26.1 Å². The molecule has 26 heavy (non-hydrogen) atoms. The predicted molar refractivity (Wildman–Crippen MR) is 100 cm³/mol. The lowest BCUT2D eigenvalue weighted by Crippen LogP contribution is -2.48. The van der Waals surface area contributed by atoms with E-state index in [1.807, 2.05) is 18.2 Å². The van der Waals surface area contributed by atoms with Gasteiger partial charge < -0.3 is 10.1 Å². The summed E-state index contributed by atoms with van der Waals surface area (Å²) in [6, 6.07) is 9.61. The van der Waals surface area contributed by atoms with Crippen LogP contribution in [0, 0.1) is 11.3 Å². The highest BCUT2D eigenvalue weighted by Crippen LogP contribution is 2.28. The summed E-state index contributed by atoms with van der Waals surface area (Å²) in [6.07, 6.45) is 1.93. The molecule has 136 valence electrons. The van der Waals surface area contributed by atoms with E-state index in [1.165, 1.54) is 18.3 Å². The van der Waals surface area contributed by atoms with Crippen molar-refractivity contribution < 1.29 is 14.3 Å². The molecule has 1 aliphatic heterocycles. The molecule has 3 rings (SSSR count). The minimum atomic E-state index is -0.270. The molecule has 0 saturated carbocycles. The van der Waals surface area contributed by atoms with Gasteiger partial charge in [0.1, 0.15) is 12.7 Å². The average molecular weight is 371 g/mol. The molecule has 1 aliphatic rings. The second-order valence-electron chi connectivity index (χ2n) is 6.40. The van der Waals surface area contributed by atoms with Crippen LogP contribution in [0.1, 0.15) is 35.0 Å². The van der Waals surface area contributed by atoms with Crippen molar-refractivity contribution in [2.24, 2.45) is 0 Å². The van der Waals surface area contributed by atoms with Gasteiger partial charge in [-0.05, 0) is 36.9 Å². The number of fused-ring (bicyclic) bond motifs is 1. The number of carbonyl (C=O) groups excluding carboxylic acids is 2. The van der Waals surface area contributed by atoms with Gasteiger partial charge in [0.2, 0.25) is 0 Å². The number of hydrogen-bond donors (Lipinski definition) is 1. The number of thiophene rings is 1. The molecule has 0 bridgehead atoms.